The van der Waals surface area contributed by atoms with Crippen LogP contribution >= 0.6 is 22.6 Å². The van der Waals surface area contributed by atoms with Gasteiger partial charge in [-0.15, -0.1) is 0 Å². The van der Waals surface area contributed by atoms with Crippen LogP contribution < -0.4 is 0 Å². The highest BCUT2D eigenvalue weighted by molar-refractivity contribution is 14.1. The fraction of sp³-hybridized carbons (Fsp3) is 0.415. The summed E-state index contributed by atoms with van der Waals surface area (Å²) in [5.41, 5.74) is 13.6. The molecule has 5 atom stereocenters. The first-order valence-corrected chi connectivity index (χ1v) is 18.8. The summed E-state index contributed by atoms with van der Waals surface area (Å²) in [6.07, 6.45) is 1.92. The fourth-order valence-electron chi connectivity index (χ4n) is 8.34. The molecule has 3 aromatic heterocycles. The zero-order valence-electron chi connectivity index (χ0n) is 29.9. The second-order valence-corrected chi connectivity index (χ2v) is 15.4. The third-order valence-electron chi connectivity index (χ3n) is 11.3. The molecule has 0 amide bonds. The maximum absolute atomic E-state index is 13.6. The third-order valence-corrected chi connectivity index (χ3v) is 11.9. The Morgan fingerprint density at radius 3 is 2.40 bits per heavy atom. The van der Waals surface area contributed by atoms with Crippen molar-refractivity contribution in [2.24, 2.45) is 0 Å². The molecule has 0 radical (unpaired) electrons. The number of methoxy groups -OCH3 is 1. The number of fused-ring (bicyclic) bond motifs is 8. The van der Waals surface area contributed by atoms with Crippen LogP contribution in [-0.2, 0) is 27.3 Å². The number of esters is 1. The lowest BCUT2D eigenvalue weighted by Crippen LogP contribution is -2.09. The lowest BCUT2D eigenvalue weighted by Gasteiger charge is -2.16. The van der Waals surface area contributed by atoms with Crippen LogP contribution in [0.15, 0.2) is 42.5 Å². The molecule has 3 aliphatic rings. The average molecular weight is 785 g/mol. The van der Waals surface area contributed by atoms with Crippen LogP contribution in [0.25, 0.3) is 22.1 Å². The highest BCUT2D eigenvalue weighted by atomic mass is 127. The second kappa shape index (κ2) is 13.7. The van der Waals surface area contributed by atoms with Crippen LogP contribution in [-0.4, -0.2) is 38.8 Å². The maximum Gasteiger partial charge on any atom is 0.305 e. The smallest absolute Gasteiger partial charge is 0.305 e. The monoisotopic (exact) mass is 784 g/mol. The molecule has 8 bridgehead atoms. The molecule has 9 heteroatoms. The summed E-state index contributed by atoms with van der Waals surface area (Å²) in [6, 6.07) is 14.9. The van der Waals surface area contributed by atoms with E-state index in [2.05, 4.69) is 110 Å². The highest BCUT2D eigenvalue weighted by Gasteiger charge is 2.36. The van der Waals surface area contributed by atoms with E-state index in [9.17, 15) is 9.59 Å². The number of nitrogens with zero attached hydrogens (tertiary/aromatic N) is 2. The Labute approximate surface area is 307 Å². The number of carbonyl (C=O) groups excluding carboxylic acids is 2. The quantitative estimate of drug-likeness (QED) is 0.136. The van der Waals surface area contributed by atoms with Gasteiger partial charge >= 0.3 is 5.97 Å². The third kappa shape index (κ3) is 6.10. The SMILES string of the molecule is CC[C@H]1c2cc3[nH]c4c(c5nc(cc6[nH]c(cc(n2)[C@@H]1C)c(C(C)OCc1cccc(I)c1)c6C)[C@@H](C)[C@@H]5CCC(=O)OC)CC(=O)c4c3C. The second-order valence-electron chi connectivity index (χ2n) is 14.2. The van der Waals surface area contributed by atoms with Gasteiger partial charge < -0.3 is 19.4 Å². The van der Waals surface area contributed by atoms with E-state index < -0.39 is 0 Å². The van der Waals surface area contributed by atoms with E-state index in [4.69, 9.17) is 19.4 Å². The number of H-pyrrole nitrogens is 2. The lowest BCUT2D eigenvalue weighted by molar-refractivity contribution is -0.140. The summed E-state index contributed by atoms with van der Waals surface area (Å²) in [5, 5.41) is 0. The zero-order chi connectivity index (χ0) is 35.4. The lowest BCUT2D eigenvalue weighted by atomic mass is 9.85. The van der Waals surface area contributed by atoms with Crippen molar-refractivity contribution in [3.8, 4) is 0 Å². The maximum atomic E-state index is 13.6. The molecule has 0 saturated carbocycles. The molecule has 1 aliphatic carbocycles. The van der Waals surface area contributed by atoms with E-state index in [1.54, 1.807) is 0 Å². The van der Waals surface area contributed by atoms with Gasteiger partial charge in [0.05, 0.1) is 31.0 Å². The van der Waals surface area contributed by atoms with Gasteiger partial charge in [-0.05, 0) is 103 Å². The first kappa shape index (κ1) is 34.6. The number of halogens is 1. The van der Waals surface area contributed by atoms with Crippen LogP contribution in [0.5, 0.6) is 0 Å². The van der Waals surface area contributed by atoms with Crippen molar-refractivity contribution in [3.05, 3.63) is 102 Å². The number of hydrogen-bond acceptors (Lipinski definition) is 6. The minimum Gasteiger partial charge on any atom is -0.469 e. The number of benzene rings is 1. The molecule has 4 aromatic rings. The van der Waals surface area contributed by atoms with Crippen LogP contribution in [0.2, 0.25) is 0 Å². The van der Waals surface area contributed by atoms with Gasteiger partial charge in [0.15, 0.2) is 5.78 Å². The van der Waals surface area contributed by atoms with Gasteiger partial charge in [0, 0.05) is 90.4 Å². The van der Waals surface area contributed by atoms with Crippen LogP contribution in [0.1, 0.15) is 138 Å². The Balaban J connectivity index is 1.48. The molecule has 260 valence electrons. The number of ether oxygens (including phenoxy) is 2. The van der Waals surface area contributed by atoms with Crippen LogP contribution in [0.4, 0.5) is 0 Å². The van der Waals surface area contributed by atoms with Gasteiger partial charge in [0.25, 0.3) is 0 Å². The van der Waals surface area contributed by atoms with E-state index >= 15 is 0 Å². The summed E-state index contributed by atoms with van der Waals surface area (Å²) in [5.74, 6) is 0.295. The Morgan fingerprint density at radius 2 is 1.66 bits per heavy atom. The van der Waals surface area contributed by atoms with Crippen molar-refractivity contribution >= 4 is 56.4 Å². The molecule has 2 aliphatic heterocycles. The molecule has 1 unspecified atom stereocenters. The first-order chi connectivity index (χ1) is 24.0. The zero-order valence-corrected chi connectivity index (χ0v) is 32.0. The number of aryl methyl sites for hydroxylation is 2. The number of rotatable bonds is 8. The van der Waals surface area contributed by atoms with Gasteiger partial charge in [0.2, 0.25) is 0 Å². The number of carbonyl (C=O) groups is 2. The number of Topliss-reactive ketones (excluding diaryl/α,β-unsaturated/α-hetero) is 1. The summed E-state index contributed by atoms with van der Waals surface area (Å²) in [4.78, 5) is 43.9. The Kier molecular flexibility index (Phi) is 9.49. The number of hydrogen-bond donors (Lipinski definition) is 2. The predicted octanol–water partition coefficient (Wildman–Crippen LogP) is 9.69. The summed E-state index contributed by atoms with van der Waals surface area (Å²) >= 11 is 2.34. The van der Waals surface area contributed by atoms with Gasteiger partial charge in [0.1, 0.15) is 0 Å². The standard InChI is InChI=1S/C41H45IN4O4/c1-8-27-20(2)30-18-35-38(24(6)50-19-25-10-9-11-26(42)14-25)22(4)32(44-35)16-31-21(3)28(12-13-37(48)49-7)40(45-31)29-15-36(47)39-23(5)33(46-41(29)39)17-34(27)43-30/h9-11,14,16-18,20-21,24,27-28,44,46H,8,12-13,15,19H2,1-7H3/t20-,21+,24?,27-,28+/m1/s1. The van der Waals surface area contributed by atoms with Crippen molar-refractivity contribution in [1.82, 2.24) is 19.9 Å². The van der Waals surface area contributed by atoms with Crippen LogP contribution in [0.3, 0.4) is 0 Å². The Bertz CT molecular complexity index is 2180. The molecule has 0 saturated heterocycles. The van der Waals surface area contributed by atoms with E-state index in [0.717, 1.165) is 84.6 Å². The summed E-state index contributed by atoms with van der Waals surface area (Å²) < 4.78 is 12.8. The van der Waals surface area contributed by atoms with E-state index in [1.807, 2.05) is 6.92 Å². The van der Waals surface area contributed by atoms with Gasteiger partial charge in [-0.3, -0.25) is 19.6 Å². The largest absolute Gasteiger partial charge is 0.469 e. The summed E-state index contributed by atoms with van der Waals surface area (Å²) in [7, 11) is 1.42. The van der Waals surface area contributed by atoms with Gasteiger partial charge in [-0.2, -0.15) is 0 Å². The van der Waals surface area contributed by atoms with Crippen LogP contribution in [0, 0.1) is 17.4 Å². The average Bonchev–Trinajstić information content (AvgIpc) is 3.85. The number of ketones is 1. The van der Waals surface area contributed by atoms with Crippen molar-refractivity contribution in [2.75, 3.05) is 7.11 Å². The summed E-state index contributed by atoms with van der Waals surface area (Å²) in [6.45, 7) is 13.4. The van der Waals surface area contributed by atoms with E-state index in [-0.39, 0.29) is 47.9 Å². The Hall–Kier alpha value is -3.83. The predicted molar refractivity (Wildman–Crippen MR) is 205 cm³/mol. The minimum absolute atomic E-state index is 0.0215. The van der Waals surface area contributed by atoms with Crippen molar-refractivity contribution in [1.29, 1.82) is 0 Å². The topological polar surface area (TPSA) is 110 Å². The number of aromatic amines is 2. The molecule has 50 heavy (non-hydrogen) atoms. The van der Waals surface area contributed by atoms with Crippen molar-refractivity contribution in [3.63, 3.8) is 0 Å². The molecule has 0 fully saturated rings. The normalized spacial score (nSPS) is 20.4. The number of aromatic nitrogens is 4. The van der Waals surface area contributed by atoms with E-state index in [1.165, 1.54) is 10.7 Å². The van der Waals surface area contributed by atoms with Gasteiger partial charge in [-0.25, -0.2) is 0 Å². The molecular formula is C41H45IN4O4. The molecule has 0 spiro atoms. The van der Waals surface area contributed by atoms with Crippen molar-refractivity contribution in [2.45, 2.75) is 104 Å². The van der Waals surface area contributed by atoms with Crippen molar-refractivity contribution < 1.29 is 19.1 Å². The number of nitrogens with one attached hydrogen (secondary N) is 2. The molecule has 8 nitrogen and oxygen atoms in total. The molecule has 1 aromatic carbocycles. The molecule has 7 rings (SSSR count). The minimum atomic E-state index is -0.245. The highest BCUT2D eigenvalue weighted by Crippen LogP contribution is 2.45. The Morgan fingerprint density at radius 1 is 0.960 bits per heavy atom. The van der Waals surface area contributed by atoms with E-state index in [0.29, 0.717) is 19.4 Å². The molecule has 5 heterocycles. The molecular weight excluding hydrogens is 739 g/mol. The van der Waals surface area contributed by atoms with Gasteiger partial charge in [-0.1, -0.05) is 32.9 Å². The first-order valence-electron chi connectivity index (χ1n) is 17.7. The fourth-order valence-corrected chi connectivity index (χ4v) is 8.95. The molecule has 2 N–H and O–H groups in total.